The molecule has 0 saturated carbocycles. The summed E-state index contributed by atoms with van der Waals surface area (Å²) in [7, 11) is 3.21. The molecule has 1 aromatic heterocycles. The fraction of sp³-hybridized carbons (Fsp3) is 0.400. The summed E-state index contributed by atoms with van der Waals surface area (Å²) in [6.07, 6.45) is 2.79. The zero-order valence-corrected chi connectivity index (χ0v) is 9.94. The average Bonchev–Trinajstić information content (AvgIpc) is 2.37. The standard InChI is InChI=1S/C10H15N5O2/c1-6(9(16)12-3)15-10(17)7-4-14-8(11-2)5-13-7/h4-6H,1-3H3,(H,11,14)(H,12,16)(H,15,17). The van der Waals surface area contributed by atoms with E-state index in [1.54, 1.807) is 14.0 Å². The van der Waals surface area contributed by atoms with Gasteiger partial charge in [-0.2, -0.15) is 0 Å². The molecule has 0 bridgehead atoms. The number of hydrogen-bond acceptors (Lipinski definition) is 5. The highest BCUT2D eigenvalue weighted by Gasteiger charge is 2.16. The Morgan fingerprint density at radius 2 is 1.94 bits per heavy atom. The van der Waals surface area contributed by atoms with Gasteiger partial charge in [-0.05, 0) is 6.92 Å². The molecule has 1 aromatic rings. The molecular formula is C10H15N5O2. The van der Waals surface area contributed by atoms with Crippen LogP contribution in [-0.2, 0) is 4.79 Å². The van der Waals surface area contributed by atoms with Crippen LogP contribution in [0.5, 0.6) is 0 Å². The summed E-state index contributed by atoms with van der Waals surface area (Å²) in [6, 6.07) is -0.613. The van der Waals surface area contributed by atoms with Crippen LogP contribution in [-0.4, -0.2) is 41.9 Å². The lowest BCUT2D eigenvalue weighted by Crippen LogP contribution is -2.43. The minimum absolute atomic E-state index is 0.166. The zero-order chi connectivity index (χ0) is 12.8. The van der Waals surface area contributed by atoms with E-state index in [2.05, 4.69) is 25.9 Å². The number of nitrogens with one attached hydrogen (secondary N) is 3. The van der Waals surface area contributed by atoms with Gasteiger partial charge in [-0.25, -0.2) is 9.97 Å². The molecular weight excluding hydrogens is 222 g/mol. The van der Waals surface area contributed by atoms with Crippen LogP contribution in [0.1, 0.15) is 17.4 Å². The fourth-order valence-corrected chi connectivity index (χ4v) is 1.13. The third-order valence-corrected chi connectivity index (χ3v) is 2.13. The van der Waals surface area contributed by atoms with E-state index in [0.717, 1.165) is 0 Å². The number of likely N-dealkylation sites (N-methyl/N-ethyl adjacent to an activating group) is 1. The van der Waals surface area contributed by atoms with E-state index in [-0.39, 0.29) is 11.6 Å². The second-order valence-electron chi connectivity index (χ2n) is 3.35. The van der Waals surface area contributed by atoms with Gasteiger partial charge in [0.05, 0.1) is 12.4 Å². The smallest absolute Gasteiger partial charge is 0.272 e. The minimum Gasteiger partial charge on any atom is -0.372 e. The van der Waals surface area contributed by atoms with E-state index < -0.39 is 11.9 Å². The molecule has 1 rings (SSSR count). The molecule has 0 spiro atoms. The topological polar surface area (TPSA) is 96.0 Å². The molecule has 7 heteroatoms. The third kappa shape index (κ3) is 3.40. The Balaban J connectivity index is 2.66. The largest absolute Gasteiger partial charge is 0.372 e. The molecule has 0 aromatic carbocycles. The first-order valence-corrected chi connectivity index (χ1v) is 5.10. The SMILES string of the molecule is CNC(=O)C(C)NC(=O)c1cnc(NC)cn1. The molecule has 0 radical (unpaired) electrons. The highest BCUT2D eigenvalue weighted by Crippen LogP contribution is 1.99. The molecule has 7 nitrogen and oxygen atoms in total. The summed E-state index contributed by atoms with van der Waals surface area (Å²) in [5, 5.41) is 7.74. The summed E-state index contributed by atoms with van der Waals surface area (Å²) in [4.78, 5) is 30.7. The Morgan fingerprint density at radius 1 is 1.24 bits per heavy atom. The van der Waals surface area contributed by atoms with E-state index in [1.165, 1.54) is 19.4 Å². The van der Waals surface area contributed by atoms with Crippen LogP contribution < -0.4 is 16.0 Å². The number of carbonyl (C=O) groups excluding carboxylic acids is 2. The predicted molar refractivity (Wildman–Crippen MR) is 62.6 cm³/mol. The molecule has 17 heavy (non-hydrogen) atoms. The van der Waals surface area contributed by atoms with Crippen LogP contribution in [0.2, 0.25) is 0 Å². The highest BCUT2D eigenvalue weighted by atomic mass is 16.2. The fourth-order valence-electron chi connectivity index (χ4n) is 1.13. The number of amides is 2. The molecule has 1 unspecified atom stereocenters. The third-order valence-electron chi connectivity index (χ3n) is 2.13. The molecule has 2 amide bonds. The van der Waals surface area contributed by atoms with Gasteiger partial charge in [0.2, 0.25) is 5.91 Å². The van der Waals surface area contributed by atoms with Gasteiger partial charge in [0.1, 0.15) is 17.6 Å². The summed E-state index contributed by atoms with van der Waals surface area (Å²) in [5.74, 6) is -0.129. The van der Waals surface area contributed by atoms with Crippen molar-refractivity contribution in [3.8, 4) is 0 Å². The van der Waals surface area contributed by atoms with Crippen molar-refractivity contribution in [1.82, 2.24) is 20.6 Å². The van der Waals surface area contributed by atoms with Crippen molar-refractivity contribution in [3.05, 3.63) is 18.1 Å². The van der Waals surface area contributed by atoms with E-state index in [1.807, 2.05) is 0 Å². The maximum Gasteiger partial charge on any atom is 0.272 e. The summed E-state index contributed by atoms with van der Waals surface area (Å²) < 4.78 is 0. The van der Waals surface area contributed by atoms with Crippen LogP contribution >= 0.6 is 0 Å². The van der Waals surface area contributed by atoms with Gasteiger partial charge < -0.3 is 16.0 Å². The van der Waals surface area contributed by atoms with Crippen molar-refractivity contribution in [2.45, 2.75) is 13.0 Å². The summed E-state index contributed by atoms with van der Waals surface area (Å²) in [5.41, 5.74) is 0.166. The molecule has 0 saturated heterocycles. The second kappa shape index (κ2) is 5.78. The maximum absolute atomic E-state index is 11.7. The average molecular weight is 237 g/mol. The molecule has 0 fully saturated rings. The molecule has 3 N–H and O–H groups in total. The summed E-state index contributed by atoms with van der Waals surface area (Å²) in [6.45, 7) is 1.59. The van der Waals surface area contributed by atoms with Crippen molar-refractivity contribution in [3.63, 3.8) is 0 Å². The number of nitrogens with zero attached hydrogens (tertiary/aromatic N) is 2. The lowest BCUT2D eigenvalue weighted by molar-refractivity contribution is -0.122. The Morgan fingerprint density at radius 3 is 2.41 bits per heavy atom. The van der Waals surface area contributed by atoms with Crippen molar-refractivity contribution < 1.29 is 9.59 Å². The number of hydrogen-bond donors (Lipinski definition) is 3. The normalized spacial score (nSPS) is 11.5. The van der Waals surface area contributed by atoms with Crippen LogP contribution in [0.3, 0.4) is 0 Å². The first kappa shape index (κ1) is 12.9. The predicted octanol–water partition coefficient (Wildman–Crippen LogP) is -0.617. The first-order chi connectivity index (χ1) is 8.08. The Bertz CT molecular complexity index is 404. The van der Waals surface area contributed by atoms with Crippen LogP contribution in [0.4, 0.5) is 5.82 Å². The zero-order valence-electron chi connectivity index (χ0n) is 9.94. The van der Waals surface area contributed by atoms with Gasteiger partial charge in [-0.15, -0.1) is 0 Å². The van der Waals surface area contributed by atoms with Gasteiger partial charge in [0.25, 0.3) is 5.91 Å². The second-order valence-corrected chi connectivity index (χ2v) is 3.35. The van der Waals surface area contributed by atoms with Gasteiger partial charge in [-0.3, -0.25) is 9.59 Å². The lowest BCUT2D eigenvalue weighted by Gasteiger charge is -2.11. The van der Waals surface area contributed by atoms with Crippen LogP contribution in [0.15, 0.2) is 12.4 Å². The number of rotatable bonds is 4. The van der Waals surface area contributed by atoms with Crippen molar-refractivity contribution in [1.29, 1.82) is 0 Å². The molecule has 0 aliphatic rings. The molecule has 1 heterocycles. The van der Waals surface area contributed by atoms with Gasteiger partial charge in [0, 0.05) is 14.1 Å². The minimum atomic E-state index is -0.613. The van der Waals surface area contributed by atoms with E-state index in [9.17, 15) is 9.59 Å². The van der Waals surface area contributed by atoms with E-state index in [4.69, 9.17) is 0 Å². The Labute approximate surface area is 99.0 Å². The molecule has 0 aliphatic heterocycles. The highest BCUT2D eigenvalue weighted by molar-refractivity contribution is 5.95. The first-order valence-electron chi connectivity index (χ1n) is 5.10. The van der Waals surface area contributed by atoms with Gasteiger partial charge >= 0.3 is 0 Å². The Hall–Kier alpha value is -2.18. The van der Waals surface area contributed by atoms with Crippen LogP contribution in [0.25, 0.3) is 0 Å². The van der Waals surface area contributed by atoms with Crippen molar-refractivity contribution >= 4 is 17.6 Å². The maximum atomic E-state index is 11.7. The number of aromatic nitrogens is 2. The lowest BCUT2D eigenvalue weighted by atomic mass is 10.3. The van der Waals surface area contributed by atoms with Gasteiger partial charge in [0.15, 0.2) is 0 Å². The summed E-state index contributed by atoms with van der Waals surface area (Å²) >= 11 is 0. The Kier molecular flexibility index (Phi) is 4.38. The number of carbonyl (C=O) groups is 2. The van der Waals surface area contributed by atoms with Gasteiger partial charge in [-0.1, -0.05) is 0 Å². The van der Waals surface area contributed by atoms with Crippen molar-refractivity contribution in [2.24, 2.45) is 0 Å². The molecule has 0 aliphatic carbocycles. The molecule has 1 atom stereocenters. The molecule has 92 valence electrons. The van der Waals surface area contributed by atoms with E-state index in [0.29, 0.717) is 5.82 Å². The number of anilines is 1. The van der Waals surface area contributed by atoms with Crippen molar-refractivity contribution in [2.75, 3.05) is 19.4 Å². The monoisotopic (exact) mass is 237 g/mol. The van der Waals surface area contributed by atoms with E-state index >= 15 is 0 Å². The van der Waals surface area contributed by atoms with Crippen LogP contribution in [0, 0.1) is 0 Å². The quantitative estimate of drug-likeness (QED) is 0.648.